The second-order valence-electron chi connectivity index (χ2n) is 6.21. The molecule has 0 aliphatic heterocycles. The number of anilines is 1. The van der Waals surface area contributed by atoms with Crippen LogP contribution in [0.1, 0.15) is 34.9 Å². The van der Waals surface area contributed by atoms with Gasteiger partial charge in [0, 0.05) is 17.3 Å². The summed E-state index contributed by atoms with van der Waals surface area (Å²) in [5.74, 6) is 2.26. The molecule has 3 aromatic rings. The molecule has 1 aliphatic carbocycles. The number of hydrogen-bond donors (Lipinski definition) is 2. The third-order valence-electron chi connectivity index (χ3n) is 4.26. The molecule has 6 heteroatoms. The average Bonchev–Trinajstić information content (AvgIpc) is 3.40. The van der Waals surface area contributed by atoms with Gasteiger partial charge >= 0.3 is 0 Å². The Morgan fingerprint density at radius 2 is 1.85 bits per heavy atom. The predicted molar refractivity (Wildman–Crippen MR) is 98.0 cm³/mol. The molecule has 1 aromatic heterocycles. The van der Waals surface area contributed by atoms with E-state index in [0.29, 0.717) is 34.5 Å². The number of nitrogens with one attached hydrogen (secondary N) is 2. The fourth-order valence-corrected chi connectivity index (χ4v) is 2.69. The predicted octanol–water partition coefficient (Wildman–Crippen LogP) is 4.34. The van der Waals surface area contributed by atoms with Crippen LogP contribution in [0.2, 0.25) is 0 Å². The Morgan fingerprint density at radius 3 is 2.54 bits per heavy atom. The van der Waals surface area contributed by atoms with E-state index in [0.717, 1.165) is 18.5 Å². The second-order valence-corrected chi connectivity index (χ2v) is 6.21. The van der Waals surface area contributed by atoms with Crippen molar-refractivity contribution in [2.45, 2.75) is 18.8 Å². The van der Waals surface area contributed by atoms with Crippen LogP contribution in [0, 0.1) is 0 Å². The van der Waals surface area contributed by atoms with Gasteiger partial charge in [-0.15, -0.1) is 0 Å². The minimum absolute atomic E-state index is 0.230. The Labute approximate surface area is 151 Å². The van der Waals surface area contributed by atoms with E-state index >= 15 is 0 Å². The Hall–Kier alpha value is -3.28. The molecule has 0 radical (unpaired) electrons. The Balaban J connectivity index is 1.41. The SMILES string of the molecule is COc1ccccc1Oc1ccc(NC(=O)c2cc(C3CC3)[nH]n2)cc1. The molecule has 1 fully saturated rings. The normalized spacial score (nSPS) is 13.3. The van der Waals surface area contributed by atoms with E-state index in [1.165, 1.54) is 0 Å². The van der Waals surface area contributed by atoms with Crippen molar-refractivity contribution in [3.63, 3.8) is 0 Å². The minimum Gasteiger partial charge on any atom is -0.493 e. The van der Waals surface area contributed by atoms with Gasteiger partial charge in [-0.2, -0.15) is 5.10 Å². The zero-order valence-corrected chi connectivity index (χ0v) is 14.4. The number of amides is 1. The lowest BCUT2D eigenvalue weighted by Crippen LogP contribution is -2.12. The van der Waals surface area contributed by atoms with Gasteiger partial charge in [0.05, 0.1) is 7.11 Å². The third kappa shape index (κ3) is 3.54. The van der Waals surface area contributed by atoms with Crippen LogP contribution >= 0.6 is 0 Å². The maximum Gasteiger partial charge on any atom is 0.276 e. The van der Waals surface area contributed by atoms with E-state index in [9.17, 15) is 4.79 Å². The van der Waals surface area contributed by atoms with Gasteiger partial charge in [-0.1, -0.05) is 12.1 Å². The molecule has 1 amide bonds. The monoisotopic (exact) mass is 349 g/mol. The molecule has 1 aliphatic rings. The molecule has 0 unspecified atom stereocenters. The summed E-state index contributed by atoms with van der Waals surface area (Å²) >= 11 is 0. The summed E-state index contributed by atoms with van der Waals surface area (Å²) in [6.45, 7) is 0. The van der Waals surface area contributed by atoms with Gasteiger partial charge < -0.3 is 14.8 Å². The highest BCUT2D eigenvalue weighted by atomic mass is 16.5. The average molecular weight is 349 g/mol. The number of H-pyrrole nitrogens is 1. The van der Waals surface area contributed by atoms with Crippen molar-refractivity contribution >= 4 is 11.6 Å². The van der Waals surface area contributed by atoms with E-state index in [1.807, 2.05) is 30.3 Å². The first-order valence-corrected chi connectivity index (χ1v) is 8.50. The van der Waals surface area contributed by atoms with E-state index < -0.39 is 0 Å². The Kier molecular flexibility index (Phi) is 4.31. The van der Waals surface area contributed by atoms with Crippen LogP contribution < -0.4 is 14.8 Å². The molecular formula is C20H19N3O3. The number of carbonyl (C=O) groups excluding carboxylic acids is 1. The van der Waals surface area contributed by atoms with Gasteiger partial charge in [-0.25, -0.2) is 0 Å². The van der Waals surface area contributed by atoms with Gasteiger partial charge in [-0.05, 0) is 55.3 Å². The number of aromatic nitrogens is 2. The molecule has 1 heterocycles. The first kappa shape index (κ1) is 16.2. The van der Waals surface area contributed by atoms with E-state index in [2.05, 4.69) is 15.5 Å². The lowest BCUT2D eigenvalue weighted by molar-refractivity contribution is 0.102. The molecule has 2 aromatic carbocycles. The molecule has 26 heavy (non-hydrogen) atoms. The molecule has 4 rings (SSSR count). The molecule has 0 saturated heterocycles. The van der Waals surface area contributed by atoms with Crippen molar-refractivity contribution in [1.29, 1.82) is 0 Å². The van der Waals surface area contributed by atoms with Crippen LogP contribution in [0.3, 0.4) is 0 Å². The quantitative estimate of drug-likeness (QED) is 0.694. The van der Waals surface area contributed by atoms with Crippen LogP contribution in [0.15, 0.2) is 54.6 Å². The van der Waals surface area contributed by atoms with Crippen molar-refractivity contribution in [2.24, 2.45) is 0 Å². The molecule has 0 spiro atoms. The van der Waals surface area contributed by atoms with Gasteiger partial charge in [0.15, 0.2) is 17.2 Å². The maximum absolute atomic E-state index is 12.3. The summed E-state index contributed by atoms with van der Waals surface area (Å²) in [6.07, 6.45) is 2.33. The standard InChI is InChI=1S/C20H19N3O3/c1-25-18-4-2-3-5-19(18)26-15-10-8-14(9-11-15)21-20(24)17-12-16(22-23-17)13-6-7-13/h2-5,8-13H,6-7H2,1H3,(H,21,24)(H,22,23). The topological polar surface area (TPSA) is 76.2 Å². The highest BCUT2D eigenvalue weighted by Gasteiger charge is 2.26. The summed E-state index contributed by atoms with van der Waals surface area (Å²) < 4.78 is 11.1. The molecule has 2 N–H and O–H groups in total. The second kappa shape index (κ2) is 6.92. The third-order valence-corrected chi connectivity index (χ3v) is 4.26. The van der Waals surface area contributed by atoms with Crippen LogP contribution in [0.4, 0.5) is 5.69 Å². The fourth-order valence-electron chi connectivity index (χ4n) is 2.69. The van der Waals surface area contributed by atoms with Gasteiger partial charge in [0.1, 0.15) is 5.75 Å². The molecule has 132 valence electrons. The summed E-state index contributed by atoms with van der Waals surface area (Å²) in [5, 5.41) is 9.87. The number of rotatable bonds is 6. The van der Waals surface area contributed by atoms with E-state index in [4.69, 9.17) is 9.47 Å². The zero-order chi connectivity index (χ0) is 17.9. The van der Waals surface area contributed by atoms with Crippen molar-refractivity contribution in [2.75, 3.05) is 12.4 Å². The van der Waals surface area contributed by atoms with Crippen LogP contribution in [-0.4, -0.2) is 23.2 Å². The lowest BCUT2D eigenvalue weighted by Gasteiger charge is -2.10. The number of benzene rings is 2. The van der Waals surface area contributed by atoms with Crippen LogP contribution in [0.25, 0.3) is 0 Å². The number of methoxy groups -OCH3 is 1. The summed E-state index contributed by atoms with van der Waals surface area (Å²) in [5.41, 5.74) is 2.12. The molecule has 1 saturated carbocycles. The Morgan fingerprint density at radius 1 is 1.12 bits per heavy atom. The fraction of sp³-hybridized carbons (Fsp3) is 0.200. The highest BCUT2D eigenvalue weighted by molar-refractivity contribution is 6.02. The van der Waals surface area contributed by atoms with Gasteiger partial charge in [0.2, 0.25) is 0 Å². The largest absolute Gasteiger partial charge is 0.493 e. The van der Waals surface area contributed by atoms with Crippen molar-refractivity contribution in [3.8, 4) is 17.2 Å². The number of carbonyl (C=O) groups is 1. The van der Waals surface area contributed by atoms with Crippen LogP contribution in [0.5, 0.6) is 17.2 Å². The van der Waals surface area contributed by atoms with Gasteiger partial charge in [-0.3, -0.25) is 9.89 Å². The molecule has 0 bridgehead atoms. The van der Waals surface area contributed by atoms with Gasteiger partial charge in [0.25, 0.3) is 5.91 Å². The molecular weight excluding hydrogens is 330 g/mol. The number of aromatic amines is 1. The van der Waals surface area contributed by atoms with Crippen molar-refractivity contribution in [3.05, 3.63) is 66.0 Å². The Bertz CT molecular complexity index is 914. The van der Waals surface area contributed by atoms with Crippen LogP contribution in [-0.2, 0) is 0 Å². The number of hydrogen-bond acceptors (Lipinski definition) is 4. The smallest absolute Gasteiger partial charge is 0.276 e. The minimum atomic E-state index is -0.230. The van der Waals surface area contributed by atoms with E-state index in [-0.39, 0.29) is 5.91 Å². The summed E-state index contributed by atoms with van der Waals surface area (Å²) in [6, 6.07) is 16.4. The number of nitrogens with zero attached hydrogens (tertiary/aromatic N) is 1. The summed E-state index contributed by atoms with van der Waals surface area (Å²) in [7, 11) is 1.60. The molecule has 0 atom stereocenters. The first-order valence-electron chi connectivity index (χ1n) is 8.50. The maximum atomic E-state index is 12.3. The van der Waals surface area contributed by atoms with Crippen molar-refractivity contribution in [1.82, 2.24) is 10.2 Å². The van der Waals surface area contributed by atoms with Crippen molar-refractivity contribution < 1.29 is 14.3 Å². The number of para-hydroxylation sites is 2. The number of ether oxygens (including phenoxy) is 2. The first-order chi connectivity index (χ1) is 12.7. The zero-order valence-electron chi connectivity index (χ0n) is 14.4. The lowest BCUT2D eigenvalue weighted by atomic mass is 10.2. The molecule has 6 nitrogen and oxygen atoms in total. The summed E-state index contributed by atoms with van der Waals surface area (Å²) in [4.78, 5) is 12.3. The van der Waals surface area contributed by atoms with E-state index in [1.54, 1.807) is 31.4 Å². The highest BCUT2D eigenvalue weighted by Crippen LogP contribution is 2.39.